The fraction of sp³-hybridized carbons (Fsp3) is 0.423. The van der Waals surface area contributed by atoms with Gasteiger partial charge in [0, 0.05) is 19.6 Å². The lowest BCUT2D eigenvalue weighted by Gasteiger charge is -2.36. The van der Waals surface area contributed by atoms with Gasteiger partial charge in [0.15, 0.2) is 0 Å². The van der Waals surface area contributed by atoms with Crippen molar-refractivity contribution in [2.75, 3.05) is 20.3 Å². The van der Waals surface area contributed by atoms with Crippen molar-refractivity contribution in [3.63, 3.8) is 0 Å². The second-order valence-electron chi connectivity index (χ2n) is 8.75. The van der Waals surface area contributed by atoms with Gasteiger partial charge >= 0.3 is 0 Å². The van der Waals surface area contributed by atoms with E-state index in [1.807, 2.05) is 56.0 Å². The Balaban J connectivity index is 1.91. The molecule has 32 heavy (non-hydrogen) atoms. The molecule has 1 amide bonds. The summed E-state index contributed by atoms with van der Waals surface area (Å²) >= 11 is 0. The van der Waals surface area contributed by atoms with E-state index in [4.69, 9.17) is 9.72 Å². The number of rotatable bonds is 7. The van der Waals surface area contributed by atoms with Gasteiger partial charge in [0.05, 0.1) is 29.2 Å². The van der Waals surface area contributed by atoms with E-state index in [0.717, 1.165) is 36.1 Å². The Hall–Kier alpha value is -2.99. The summed E-state index contributed by atoms with van der Waals surface area (Å²) in [4.78, 5) is 33.8. The lowest BCUT2D eigenvalue weighted by atomic mass is 9.84. The third-order valence-electron chi connectivity index (χ3n) is 6.51. The topological polar surface area (TPSA) is 64.4 Å². The standard InChI is InChI=1S/C26H31N3O3/c1-17-12-13-23(18(2)16-17)29-24(27-22-11-6-5-10-21(22)26(29)31)19(3)28(14-15-32-4)25(30)20-8-7-9-20/h5-6,10-13,16,19-20H,7-9,14-15H2,1-4H3. The number of benzene rings is 2. The van der Waals surface area contributed by atoms with E-state index in [9.17, 15) is 9.59 Å². The van der Waals surface area contributed by atoms with Crippen molar-refractivity contribution in [3.8, 4) is 5.69 Å². The second kappa shape index (κ2) is 9.25. The third-order valence-corrected chi connectivity index (χ3v) is 6.51. The highest BCUT2D eigenvalue weighted by Gasteiger charge is 2.34. The first-order valence-electron chi connectivity index (χ1n) is 11.3. The number of aryl methyl sites for hydroxylation is 2. The van der Waals surface area contributed by atoms with Crippen LogP contribution in [0.2, 0.25) is 0 Å². The molecule has 1 heterocycles. The summed E-state index contributed by atoms with van der Waals surface area (Å²) < 4.78 is 6.99. The average molecular weight is 434 g/mol. The molecule has 1 aromatic heterocycles. The van der Waals surface area contributed by atoms with Crippen LogP contribution in [-0.4, -0.2) is 40.6 Å². The molecular weight excluding hydrogens is 402 g/mol. The van der Waals surface area contributed by atoms with Crippen LogP contribution in [0.3, 0.4) is 0 Å². The van der Waals surface area contributed by atoms with Crippen LogP contribution < -0.4 is 5.56 Å². The number of carbonyl (C=O) groups excluding carboxylic acids is 1. The van der Waals surface area contributed by atoms with Crippen molar-refractivity contribution in [2.45, 2.75) is 46.1 Å². The van der Waals surface area contributed by atoms with Crippen LogP contribution in [0.25, 0.3) is 16.6 Å². The predicted molar refractivity (Wildman–Crippen MR) is 126 cm³/mol. The summed E-state index contributed by atoms with van der Waals surface area (Å²) in [5, 5.41) is 0.567. The van der Waals surface area contributed by atoms with Crippen LogP contribution in [0.1, 0.15) is 49.2 Å². The van der Waals surface area contributed by atoms with Crippen molar-refractivity contribution in [1.82, 2.24) is 14.5 Å². The largest absolute Gasteiger partial charge is 0.383 e. The quantitative estimate of drug-likeness (QED) is 0.556. The van der Waals surface area contributed by atoms with E-state index < -0.39 is 0 Å². The Labute approximate surface area is 188 Å². The highest BCUT2D eigenvalue weighted by molar-refractivity contribution is 5.81. The minimum atomic E-state index is -0.378. The maximum Gasteiger partial charge on any atom is 0.266 e. The van der Waals surface area contributed by atoms with Gasteiger partial charge in [-0.25, -0.2) is 4.98 Å². The summed E-state index contributed by atoms with van der Waals surface area (Å²) in [5.41, 5.74) is 3.44. The maximum absolute atomic E-state index is 13.7. The molecule has 1 unspecified atom stereocenters. The Morgan fingerprint density at radius 3 is 2.62 bits per heavy atom. The van der Waals surface area contributed by atoms with E-state index >= 15 is 0 Å². The molecule has 3 aromatic rings. The van der Waals surface area contributed by atoms with Crippen LogP contribution in [0.15, 0.2) is 47.3 Å². The molecule has 1 saturated carbocycles. The molecule has 2 aromatic carbocycles. The van der Waals surface area contributed by atoms with Crippen LogP contribution in [0.4, 0.5) is 0 Å². The van der Waals surface area contributed by atoms with E-state index in [0.29, 0.717) is 29.9 Å². The summed E-state index contributed by atoms with van der Waals surface area (Å²) in [5.74, 6) is 0.746. The first-order chi connectivity index (χ1) is 15.4. The van der Waals surface area contributed by atoms with E-state index in [2.05, 4.69) is 6.07 Å². The zero-order valence-corrected chi connectivity index (χ0v) is 19.3. The van der Waals surface area contributed by atoms with Crippen LogP contribution in [0, 0.1) is 19.8 Å². The minimum absolute atomic E-state index is 0.0519. The number of hydrogen-bond acceptors (Lipinski definition) is 4. The SMILES string of the molecule is COCCN(C(=O)C1CCC1)C(C)c1nc2ccccc2c(=O)n1-c1ccc(C)cc1C. The van der Waals surface area contributed by atoms with Gasteiger partial charge in [-0.1, -0.05) is 36.2 Å². The van der Waals surface area contributed by atoms with Crippen LogP contribution in [-0.2, 0) is 9.53 Å². The number of aromatic nitrogens is 2. The molecule has 0 bridgehead atoms. The Kier molecular flexibility index (Phi) is 6.42. The number of amides is 1. The third kappa shape index (κ3) is 4.07. The number of fused-ring (bicyclic) bond motifs is 1. The summed E-state index contributed by atoms with van der Waals surface area (Å²) in [6.45, 7) is 6.89. The number of para-hydroxylation sites is 1. The van der Waals surface area contributed by atoms with Crippen molar-refractivity contribution in [3.05, 3.63) is 69.8 Å². The Morgan fingerprint density at radius 2 is 1.97 bits per heavy atom. The maximum atomic E-state index is 13.7. The van der Waals surface area contributed by atoms with Gasteiger partial charge in [-0.05, 0) is 57.4 Å². The fourth-order valence-corrected chi connectivity index (χ4v) is 4.43. The molecule has 6 heteroatoms. The average Bonchev–Trinajstić information content (AvgIpc) is 2.73. The van der Waals surface area contributed by atoms with E-state index in [1.54, 1.807) is 17.7 Å². The summed E-state index contributed by atoms with van der Waals surface area (Å²) in [6.07, 6.45) is 2.93. The first-order valence-corrected chi connectivity index (χ1v) is 11.3. The first kappa shape index (κ1) is 22.2. The Morgan fingerprint density at radius 1 is 1.22 bits per heavy atom. The van der Waals surface area contributed by atoms with Crippen molar-refractivity contribution in [1.29, 1.82) is 0 Å². The zero-order chi connectivity index (χ0) is 22.8. The molecule has 1 fully saturated rings. The Bertz CT molecular complexity index is 1200. The molecule has 168 valence electrons. The molecule has 4 rings (SSSR count). The normalized spacial score (nSPS) is 14.9. The smallest absolute Gasteiger partial charge is 0.266 e. The van der Waals surface area contributed by atoms with Crippen molar-refractivity contribution < 1.29 is 9.53 Å². The fourth-order valence-electron chi connectivity index (χ4n) is 4.43. The number of nitrogens with zero attached hydrogens (tertiary/aromatic N) is 3. The molecule has 1 aliphatic rings. The molecule has 0 radical (unpaired) electrons. The summed E-state index contributed by atoms with van der Waals surface area (Å²) in [6, 6.07) is 13.0. The van der Waals surface area contributed by atoms with Crippen molar-refractivity contribution >= 4 is 16.8 Å². The highest BCUT2D eigenvalue weighted by Crippen LogP contribution is 2.32. The monoisotopic (exact) mass is 433 g/mol. The molecule has 0 N–H and O–H groups in total. The lowest BCUT2D eigenvalue weighted by Crippen LogP contribution is -2.43. The summed E-state index contributed by atoms with van der Waals surface area (Å²) in [7, 11) is 1.64. The highest BCUT2D eigenvalue weighted by atomic mass is 16.5. The van der Waals surface area contributed by atoms with Crippen LogP contribution in [0.5, 0.6) is 0 Å². The predicted octanol–water partition coefficient (Wildman–Crippen LogP) is 4.34. The molecule has 1 aliphatic carbocycles. The van der Waals surface area contributed by atoms with Gasteiger partial charge in [0.2, 0.25) is 5.91 Å². The molecule has 0 spiro atoms. The van der Waals surface area contributed by atoms with Crippen LogP contribution >= 0.6 is 0 Å². The van der Waals surface area contributed by atoms with Crippen molar-refractivity contribution in [2.24, 2.45) is 5.92 Å². The number of methoxy groups -OCH3 is 1. The molecular formula is C26H31N3O3. The van der Waals surface area contributed by atoms with Gasteiger partial charge in [-0.2, -0.15) is 0 Å². The molecule has 1 atom stereocenters. The zero-order valence-electron chi connectivity index (χ0n) is 19.3. The van der Waals surface area contributed by atoms with E-state index in [-0.39, 0.29) is 23.4 Å². The molecule has 0 aliphatic heterocycles. The molecule has 0 saturated heterocycles. The van der Waals surface area contributed by atoms with Gasteiger partial charge in [-0.15, -0.1) is 0 Å². The number of ether oxygens (including phenoxy) is 1. The van der Waals surface area contributed by atoms with Gasteiger partial charge < -0.3 is 9.64 Å². The number of hydrogen-bond donors (Lipinski definition) is 0. The van der Waals surface area contributed by atoms with Gasteiger partial charge in [0.1, 0.15) is 5.82 Å². The number of carbonyl (C=O) groups is 1. The molecule has 6 nitrogen and oxygen atoms in total. The second-order valence-corrected chi connectivity index (χ2v) is 8.75. The van der Waals surface area contributed by atoms with Gasteiger partial charge in [0.25, 0.3) is 5.56 Å². The van der Waals surface area contributed by atoms with E-state index in [1.165, 1.54) is 0 Å². The lowest BCUT2D eigenvalue weighted by molar-refractivity contribution is -0.141. The minimum Gasteiger partial charge on any atom is -0.383 e. The van der Waals surface area contributed by atoms with Gasteiger partial charge in [-0.3, -0.25) is 14.2 Å².